The number of carbonyl (C=O) groups is 1. The lowest BCUT2D eigenvalue weighted by Crippen LogP contribution is -2.15. The molecule has 11 nitrogen and oxygen atoms in total. The number of carbonyl (C=O) groups excluding carboxylic acids is 1. The van der Waals surface area contributed by atoms with Gasteiger partial charge in [0.15, 0.2) is 28.9 Å². The highest BCUT2D eigenvalue weighted by Gasteiger charge is 2.17. The molecule has 0 saturated heterocycles. The Hall–Kier alpha value is -4.58. The third-order valence-corrected chi connectivity index (χ3v) is 4.70. The van der Waals surface area contributed by atoms with Gasteiger partial charge < -0.3 is 42.0 Å². The van der Waals surface area contributed by atoms with E-state index in [1.165, 1.54) is 0 Å². The number of fused-ring (bicyclic) bond motifs is 1. The van der Waals surface area contributed by atoms with Crippen molar-refractivity contribution < 1.29 is 24.5 Å². The van der Waals surface area contributed by atoms with E-state index in [4.69, 9.17) is 5.73 Å². The fourth-order valence-corrected chi connectivity index (χ4v) is 3.14. The van der Waals surface area contributed by atoms with E-state index in [-0.39, 0.29) is 11.5 Å². The highest BCUT2D eigenvalue weighted by Crippen LogP contribution is 2.35. The molecule has 4 rings (SSSR count). The van der Waals surface area contributed by atoms with Crippen molar-refractivity contribution >= 4 is 40.0 Å². The van der Waals surface area contributed by atoms with Crippen molar-refractivity contribution in [2.45, 2.75) is 0 Å². The highest BCUT2D eigenvalue weighted by atomic mass is 19.1. The number of nitrogens with zero attached hydrogens (tertiary/aromatic N) is 2. The summed E-state index contributed by atoms with van der Waals surface area (Å²) >= 11 is 0. The molecule has 4 aromatic rings. The first-order valence-corrected chi connectivity index (χ1v) is 9.76. The van der Waals surface area contributed by atoms with E-state index in [0.29, 0.717) is 18.8 Å². The van der Waals surface area contributed by atoms with Gasteiger partial charge in [-0.3, -0.25) is 4.79 Å². The van der Waals surface area contributed by atoms with E-state index in [9.17, 15) is 24.5 Å². The van der Waals surface area contributed by atoms with Crippen LogP contribution in [0.3, 0.4) is 0 Å². The van der Waals surface area contributed by atoms with Gasteiger partial charge in [-0.1, -0.05) is 0 Å². The Bertz CT molecular complexity index is 1320. The Balaban J connectivity index is 1.60. The molecule has 12 heteroatoms. The van der Waals surface area contributed by atoms with Crippen molar-refractivity contribution in [3.63, 3.8) is 0 Å². The lowest BCUT2D eigenvalue weighted by Gasteiger charge is -2.12. The van der Waals surface area contributed by atoms with Gasteiger partial charge in [-0.2, -0.15) is 4.98 Å². The minimum absolute atomic E-state index is 0.0153. The molecule has 9 N–H and O–H groups in total. The number of H-pyrrole nitrogens is 1. The average Bonchev–Trinajstić information content (AvgIpc) is 3.27. The molecule has 0 spiro atoms. The number of amides is 1. The molecule has 2 heterocycles. The van der Waals surface area contributed by atoms with Gasteiger partial charge in [0.1, 0.15) is 0 Å². The van der Waals surface area contributed by atoms with Crippen LogP contribution >= 0.6 is 0 Å². The second kappa shape index (κ2) is 8.88. The zero-order valence-corrected chi connectivity index (χ0v) is 17.1. The molecule has 0 fully saturated rings. The van der Waals surface area contributed by atoms with Crippen LogP contribution < -0.4 is 21.7 Å². The molecule has 170 valence electrons. The normalized spacial score (nSPS) is 10.8. The average molecular weight is 453 g/mol. The summed E-state index contributed by atoms with van der Waals surface area (Å²) in [7, 11) is 0. The molecule has 2 aromatic carbocycles. The molecule has 0 bridgehead atoms. The van der Waals surface area contributed by atoms with Crippen molar-refractivity contribution in [1.82, 2.24) is 15.0 Å². The van der Waals surface area contributed by atoms with Crippen LogP contribution in [0.15, 0.2) is 42.7 Å². The van der Waals surface area contributed by atoms with Crippen molar-refractivity contribution in [2.75, 3.05) is 29.0 Å². The standard InChI is InChI=1S/C21H20FN7O4/c22-13-9-26-21(27-15-8-11(24-4-2-23)7-14-12(15)1-3-25-14)29-19(13)28-20(33)10-5-16(30)18(32)17(31)6-10/h1,3,5-9,24-25,30-32H,2,4,23H2,(H2,26,27,28,29,33). The topological polar surface area (TPSA) is 181 Å². The van der Waals surface area contributed by atoms with Crippen LogP contribution in [-0.4, -0.2) is 49.3 Å². The van der Waals surface area contributed by atoms with Crippen molar-refractivity contribution in [2.24, 2.45) is 5.73 Å². The van der Waals surface area contributed by atoms with E-state index < -0.39 is 34.8 Å². The summed E-state index contributed by atoms with van der Waals surface area (Å²) in [4.78, 5) is 23.5. The molecule has 0 atom stereocenters. The van der Waals surface area contributed by atoms with E-state index in [0.717, 1.165) is 34.9 Å². The third kappa shape index (κ3) is 4.55. The monoisotopic (exact) mass is 453 g/mol. The molecular formula is C21H20FN7O4. The Morgan fingerprint density at radius 3 is 2.64 bits per heavy atom. The zero-order chi connectivity index (χ0) is 23.5. The van der Waals surface area contributed by atoms with Gasteiger partial charge in [-0.05, 0) is 30.3 Å². The smallest absolute Gasteiger partial charge is 0.257 e. The Kier molecular flexibility index (Phi) is 5.83. The van der Waals surface area contributed by atoms with Gasteiger partial charge in [-0.15, -0.1) is 0 Å². The van der Waals surface area contributed by atoms with Gasteiger partial charge in [0.2, 0.25) is 5.95 Å². The molecule has 2 aromatic heterocycles. The van der Waals surface area contributed by atoms with Crippen LogP contribution in [0.2, 0.25) is 0 Å². The number of hydrogen-bond donors (Lipinski definition) is 8. The first-order chi connectivity index (χ1) is 15.9. The van der Waals surface area contributed by atoms with Crippen LogP contribution in [-0.2, 0) is 0 Å². The number of nitrogens with one attached hydrogen (secondary N) is 4. The highest BCUT2D eigenvalue weighted by molar-refractivity contribution is 6.04. The number of aromatic amines is 1. The molecule has 0 aliphatic heterocycles. The molecule has 0 radical (unpaired) electrons. The van der Waals surface area contributed by atoms with Crippen molar-refractivity contribution in [3.05, 3.63) is 54.1 Å². The number of aromatic hydroxyl groups is 3. The maximum atomic E-state index is 14.3. The van der Waals surface area contributed by atoms with E-state index >= 15 is 0 Å². The summed E-state index contributed by atoms with van der Waals surface area (Å²) in [5, 5.41) is 37.9. The van der Waals surface area contributed by atoms with Crippen LogP contribution in [0.5, 0.6) is 17.2 Å². The zero-order valence-electron chi connectivity index (χ0n) is 17.1. The summed E-state index contributed by atoms with van der Waals surface area (Å²) < 4.78 is 14.3. The van der Waals surface area contributed by atoms with Crippen LogP contribution in [0.1, 0.15) is 10.4 Å². The van der Waals surface area contributed by atoms with Gasteiger partial charge >= 0.3 is 0 Å². The number of nitrogens with two attached hydrogens (primary N) is 1. The summed E-state index contributed by atoms with van der Waals surface area (Å²) in [5.74, 6) is -4.36. The number of benzene rings is 2. The molecule has 0 saturated carbocycles. The maximum Gasteiger partial charge on any atom is 0.257 e. The molecule has 33 heavy (non-hydrogen) atoms. The largest absolute Gasteiger partial charge is 0.504 e. The van der Waals surface area contributed by atoms with E-state index in [2.05, 4.69) is 30.9 Å². The van der Waals surface area contributed by atoms with Gasteiger partial charge in [0, 0.05) is 41.4 Å². The number of anilines is 4. The fraction of sp³-hybridized carbons (Fsp3) is 0.0952. The maximum absolute atomic E-state index is 14.3. The van der Waals surface area contributed by atoms with Crippen LogP contribution in [0.25, 0.3) is 10.9 Å². The first-order valence-electron chi connectivity index (χ1n) is 9.76. The van der Waals surface area contributed by atoms with Gasteiger partial charge in [0.25, 0.3) is 5.91 Å². The number of hydrogen-bond acceptors (Lipinski definition) is 9. The summed E-state index contributed by atoms with van der Waals surface area (Å²) in [6, 6.07) is 7.42. The summed E-state index contributed by atoms with van der Waals surface area (Å²) in [6.45, 7) is 1.02. The van der Waals surface area contributed by atoms with Crippen molar-refractivity contribution in [3.8, 4) is 17.2 Å². The van der Waals surface area contributed by atoms with E-state index in [1.807, 2.05) is 18.2 Å². The fourth-order valence-electron chi connectivity index (χ4n) is 3.14. The second-order valence-corrected chi connectivity index (χ2v) is 7.01. The number of halogens is 1. The first kappa shape index (κ1) is 21.6. The van der Waals surface area contributed by atoms with Crippen LogP contribution in [0.4, 0.5) is 27.5 Å². The minimum atomic E-state index is -0.897. The number of phenolic OH excluding ortho intramolecular Hbond substituents is 3. The summed E-state index contributed by atoms with van der Waals surface area (Å²) in [6.07, 6.45) is 2.66. The van der Waals surface area contributed by atoms with Gasteiger partial charge in [-0.25, -0.2) is 9.37 Å². The molecule has 0 aliphatic carbocycles. The van der Waals surface area contributed by atoms with E-state index in [1.54, 1.807) is 6.20 Å². The van der Waals surface area contributed by atoms with Crippen molar-refractivity contribution in [1.29, 1.82) is 0 Å². The predicted molar refractivity (Wildman–Crippen MR) is 121 cm³/mol. The summed E-state index contributed by atoms with van der Waals surface area (Å²) in [5.41, 5.74) is 7.59. The number of phenols is 3. The van der Waals surface area contributed by atoms with Crippen LogP contribution in [0, 0.1) is 5.82 Å². The lowest BCUT2D eigenvalue weighted by molar-refractivity contribution is 0.102. The predicted octanol–water partition coefficient (Wildman–Crippen LogP) is 2.58. The Morgan fingerprint density at radius 1 is 1.15 bits per heavy atom. The Labute approximate surface area is 186 Å². The molecule has 1 amide bonds. The number of aromatic nitrogens is 3. The lowest BCUT2D eigenvalue weighted by atomic mass is 10.1. The third-order valence-electron chi connectivity index (χ3n) is 4.70. The molecular weight excluding hydrogens is 433 g/mol. The Morgan fingerprint density at radius 2 is 1.91 bits per heavy atom. The quantitative estimate of drug-likeness (QED) is 0.195. The molecule has 0 aliphatic rings. The SMILES string of the molecule is NCCNc1cc(Nc2ncc(F)c(NC(=O)c3cc(O)c(O)c(O)c3)n2)c2cc[nH]c2c1. The minimum Gasteiger partial charge on any atom is -0.504 e. The number of rotatable bonds is 7. The second-order valence-electron chi connectivity index (χ2n) is 7.01. The van der Waals surface area contributed by atoms with Gasteiger partial charge in [0.05, 0.1) is 11.9 Å². The molecule has 0 unspecified atom stereocenters.